The Morgan fingerprint density at radius 3 is 2.71 bits per heavy atom. The topological polar surface area (TPSA) is 49.6 Å². The summed E-state index contributed by atoms with van der Waals surface area (Å²) in [5.41, 5.74) is 5.97. The van der Waals surface area contributed by atoms with E-state index in [0.717, 1.165) is 44.9 Å². The highest BCUT2D eigenvalue weighted by Gasteiger charge is 2.25. The number of nitrogens with zero attached hydrogens (tertiary/aromatic N) is 2. The van der Waals surface area contributed by atoms with Crippen molar-refractivity contribution in [3.63, 3.8) is 0 Å². The number of rotatable bonds is 6. The number of nitrogens with two attached hydrogens (primary N) is 1. The van der Waals surface area contributed by atoms with Crippen LogP contribution in [0.3, 0.4) is 0 Å². The van der Waals surface area contributed by atoms with Gasteiger partial charge in [-0.15, -0.1) is 11.3 Å². The molecule has 118 valence electrons. The van der Waals surface area contributed by atoms with Gasteiger partial charge in [0.05, 0.1) is 9.83 Å². The molecule has 1 saturated heterocycles. The van der Waals surface area contributed by atoms with Gasteiger partial charge in [-0.25, -0.2) is 0 Å². The highest BCUT2D eigenvalue weighted by Crippen LogP contribution is 2.23. The van der Waals surface area contributed by atoms with Crippen molar-refractivity contribution in [2.24, 2.45) is 5.73 Å². The first-order valence-corrected chi connectivity index (χ1v) is 10.1. The fourth-order valence-corrected chi connectivity index (χ4v) is 4.40. The van der Waals surface area contributed by atoms with Crippen LogP contribution in [-0.2, 0) is 11.3 Å². The lowest BCUT2D eigenvalue weighted by molar-refractivity contribution is -0.134. The fraction of sp³-hybridized carbons (Fsp3) is 0.643. The van der Waals surface area contributed by atoms with Crippen LogP contribution >= 0.6 is 39.0 Å². The van der Waals surface area contributed by atoms with E-state index in [2.05, 4.69) is 33.0 Å². The molecule has 1 aliphatic rings. The minimum Gasteiger partial charge on any atom is -0.339 e. The molecule has 4 nitrogen and oxygen atoms in total. The molecule has 0 radical (unpaired) electrons. The van der Waals surface area contributed by atoms with E-state index in [0.29, 0.717) is 0 Å². The Hall–Kier alpha value is -0.0800. The second-order valence-electron chi connectivity index (χ2n) is 5.20. The van der Waals surface area contributed by atoms with Crippen LogP contribution in [0.25, 0.3) is 0 Å². The Morgan fingerprint density at radius 1 is 1.43 bits per heavy atom. The van der Waals surface area contributed by atoms with Crippen LogP contribution in [0.4, 0.5) is 0 Å². The molecule has 1 atom stereocenters. The van der Waals surface area contributed by atoms with Crippen LogP contribution in [0.5, 0.6) is 0 Å². The van der Waals surface area contributed by atoms with E-state index >= 15 is 0 Å². The van der Waals surface area contributed by atoms with E-state index in [-0.39, 0.29) is 11.9 Å². The molecule has 0 spiro atoms. The van der Waals surface area contributed by atoms with Gasteiger partial charge in [0.25, 0.3) is 0 Å². The summed E-state index contributed by atoms with van der Waals surface area (Å²) in [7, 11) is 0. The second-order valence-corrected chi connectivity index (χ2v) is 8.73. The van der Waals surface area contributed by atoms with E-state index in [1.807, 2.05) is 11.2 Å². The second kappa shape index (κ2) is 8.53. The number of piperazine rings is 1. The zero-order chi connectivity index (χ0) is 15.2. The van der Waals surface area contributed by atoms with Gasteiger partial charge in [-0.05, 0) is 46.5 Å². The van der Waals surface area contributed by atoms with Crippen LogP contribution in [0.2, 0.25) is 0 Å². The first-order valence-electron chi connectivity index (χ1n) is 7.10. The molecule has 2 N–H and O–H groups in total. The number of carbonyl (C=O) groups excluding carboxylic acids is 1. The lowest BCUT2D eigenvalue weighted by atomic mass is 10.2. The molecule has 21 heavy (non-hydrogen) atoms. The fourth-order valence-electron chi connectivity index (χ4n) is 2.39. The number of hydrogen-bond acceptors (Lipinski definition) is 5. The molecule has 2 heterocycles. The van der Waals surface area contributed by atoms with Gasteiger partial charge in [-0.1, -0.05) is 0 Å². The van der Waals surface area contributed by atoms with E-state index in [4.69, 9.17) is 5.73 Å². The van der Waals surface area contributed by atoms with E-state index in [1.165, 1.54) is 8.66 Å². The third-order valence-electron chi connectivity index (χ3n) is 3.64. The Balaban J connectivity index is 1.76. The number of carbonyl (C=O) groups is 1. The third-order valence-corrected chi connectivity index (χ3v) is 5.89. The molecule has 1 aliphatic heterocycles. The minimum atomic E-state index is -0.336. The zero-order valence-corrected chi connectivity index (χ0v) is 15.5. The summed E-state index contributed by atoms with van der Waals surface area (Å²) in [6, 6.07) is 3.91. The monoisotopic (exact) mass is 391 g/mol. The molecule has 0 aliphatic carbocycles. The Morgan fingerprint density at radius 2 is 2.14 bits per heavy atom. The molecule has 1 aromatic heterocycles. The zero-order valence-electron chi connectivity index (χ0n) is 12.3. The van der Waals surface area contributed by atoms with Gasteiger partial charge >= 0.3 is 0 Å². The Kier molecular flexibility index (Phi) is 7.01. The maximum absolute atomic E-state index is 12.2. The molecular weight excluding hydrogens is 370 g/mol. The maximum Gasteiger partial charge on any atom is 0.239 e. The molecule has 2 rings (SSSR count). The highest BCUT2D eigenvalue weighted by molar-refractivity contribution is 9.11. The minimum absolute atomic E-state index is 0.113. The standard InChI is InChI=1S/C14H22BrN3OS2/c1-20-9-4-12(16)14(19)18-7-5-17(6-8-18)10-11-2-3-13(15)21-11/h2-3,12H,4-10,16H2,1H3. The Bertz CT molecular complexity index is 461. The summed E-state index contributed by atoms with van der Waals surface area (Å²) in [6.07, 6.45) is 2.81. The van der Waals surface area contributed by atoms with Crippen molar-refractivity contribution in [2.75, 3.05) is 38.2 Å². The molecule has 1 aromatic rings. The smallest absolute Gasteiger partial charge is 0.239 e. The molecule has 1 fully saturated rings. The number of halogens is 1. The van der Waals surface area contributed by atoms with Crippen LogP contribution in [0.15, 0.2) is 15.9 Å². The number of hydrogen-bond donors (Lipinski definition) is 1. The van der Waals surface area contributed by atoms with Crippen molar-refractivity contribution in [1.82, 2.24) is 9.80 Å². The molecule has 1 amide bonds. The summed E-state index contributed by atoms with van der Waals surface area (Å²) in [6.45, 7) is 4.40. The van der Waals surface area contributed by atoms with Gasteiger partial charge in [0.2, 0.25) is 5.91 Å². The first kappa shape index (κ1) is 17.3. The van der Waals surface area contributed by atoms with E-state index in [1.54, 1.807) is 23.1 Å². The summed E-state index contributed by atoms with van der Waals surface area (Å²) in [5, 5.41) is 0. The average Bonchev–Trinajstić information content (AvgIpc) is 2.90. The van der Waals surface area contributed by atoms with E-state index in [9.17, 15) is 4.79 Å². The van der Waals surface area contributed by atoms with Gasteiger partial charge < -0.3 is 10.6 Å². The molecular formula is C14H22BrN3OS2. The highest BCUT2D eigenvalue weighted by atomic mass is 79.9. The van der Waals surface area contributed by atoms with Crippen molar-refractivity contribution >= 4 is 44.9 Å². The van der Waals surface area contributed by atoms with Crippen molar-refractivity contribution in [1.29, 1.82) is 0 Å². The predicted molar refractivity (Wildman–Crippen MR) is 94.9 cm³/mol. The summed E-state index contributed by atoms with van der Waals surface area (Å²) >= 11 is 7.00. The van der Waals surface area contributed by atoms with Gasteiger partial charge in [-0.2, -0.15) is 11.8 Å². The van der Waals surface area contributed by atoms with E-state index < -0.39 is 0 Å². The third kappa shape index (κ3) is 5.25. The molecule has 0 bridgehead atoms. The molecule has 0 saturated carbocycles. The van der Waals surface area contributed by atoms with Gasteiger partial charge in [-0.3, -0.25) is 9.69 Å². The SMILES string of the molecule is CSCCC(N)C(=O)N1CCN(Cc2ccc(Br)s2)CC1. The maximum atomic E-state index is 12.2. The summed E-state index contributed by atoms with van der Waals surface area (Å²) in [4.78, 5) is 17.9. The Labute approximate surface area is 143 Å². The summed E-state index contributed by atoms with van der Waals surface area (Å²) in [5.74, 6) is 1.06. The van der Waals surface area contributed by atoms with Gasteiger partial charge in [0, 0.05) is 37.6 Å². The average molecular weight is 392 g/mol. The lowest BCUT2D eigenvalue weighted by Gasteiger charge is -2.35. The number of thioether (sulfide) groups is 1. The van der Waals surface area contributed by atoms with Crippen LogP contribution in [-0.4, -0.2) is 59.9 Å². The normalized spacial score (nSPS) is 18.0. The van der Waals surface area contributed by atoms with Crippen molar-refractivity contribution in [3.8, 4) is 0 Å². The van der Waals surface area contributed by atoms with Crippen molar-refractivity contribution in [3.05, 3.63) is 20.8 Å². The van der Waals surface area contributed by atoms with Crippen LogP contribution in [0, 0.1) is 0 Å². The molecule has 0 aromatic carbocycles. The van der Waals surface area contributed by atoms with Crippen molar-refractivity contribution in [2.45, 2.75) is 19.0 Å². The van der Waals surface area contributed by atoms with Crippen LogP contribution in [0.1, 0.15) is 11.3 Å². The lowest BCUT2D eigenvalue weighted by Crippen LogP contribution is -2.52. The van der Waals surface area contributed by atoms with Gasteiger partial charge in [0.1, 0.15) is 0 Å². The quantitative estimate of drug-likeness (QED) is 0.807. The number of amides is 1. The summed E-state index contributed by atoms with van der Waals surface area (Å²) < 4.78 is 1.17. The first-order chi connectivity index (χ1) is 10.1. The largest absolute Gasteiger partial charge is 0.339 e. The predicted octanol–water partition coefficient (Wildman–Crippen LogP) is 2.24. The molecule has 7 heteroatoms. The van der Waals surface area contributed by atoms with Gasteiger partial charge in [0.15, 0.2) is 0 Å². The van der Waals surface area contributed by atoms with Crippen molar-refractivity contribution < 1.29 is 4.79 Å². The number of thiophene rings is 1. The molecule has 1 unspecified atom stereocenters. The van der Waals surface area contributed by atoms with Crippen LogP contribution < -0.4 is 5.73 Å².